The Morgan fingerprint density at radius 1 is 1.29 bits per heavy atom. The molecule has 3 rings (SSSR count). The number of methoxy groups -OCH3 is 1. The lowest BCUT2D eigenvalue weighted by atomic mass is 10.1. The van der Waals surface area contributed by atoms with Gasteiger partial charge in [0.15, 0.2) is 5.15 Å². The molecule has 1 aromatic heterocycles. The van der Waals surface area contributed by atoms with Crippen LogP contribution in [0.4, 0.5) is 0 Å². The van der Waals surface area contributed by atoms with Gasteiger partial charge in [-0.2, -0.15) is 5.10 Å². The Bertz CT molecular complexity index is 567. The summed E-state index contributed by atoms with van der Waals surface area (Å²) >= 11 is 6.08. The largest absolute Gasteiger partial charge is 0.497 e. The maximum absolute atomic E-state index is 6.08. The minimum atomic E-state index is 0.443. The van der Waals surface area contributed by atoms with Crippen LogP contribution in [0.25, 0.3) is 10.8 Å². The van der Waals surface area contributed by atoms with Crippen LogP contribution in [0.2, 0.25) is 5.15 Å². The van der Waals surface area contributed by atoms with Gasteiger partial charge in [-0.25, -0.2) is 0 Å². The van der Waals surface area contributed by atoms with E-state index in [1.807, 2.05) is 18.2 Å². The van der Waals surface area contributed by atoms with E-state index in [9.17, 15) is 0 Å². The molecule has 0 spiro atoms. The van der Waals surface area contributed by atoms with Crippen LogP contribution < -0.4 is 4.74 Å². The van der Waals surface area contributed by atoms with E-state index in [4.69, 9.17) is 16.3 Å². The van der Waals surface area contributed by atoms with Gasteiger partial charge in [-0.15, -0.1) is 5.10 Å². The van der Waals surface area contributed by atoms with Crippen LogP contribution in [0.1, 0.15) is 18.5 Å². The number of hydrogen-bond donors (Lipinski definition) is 0. The van der Waals surface area contributed by atoms with E-state index in [-0.39, 0.29) is 0 Å². The summed E-state index contributed by atoms with van der Waals surface area (Å²) in [4.78, 5) is 0. The Morgan fingerprint density at radius 2 is 2.12 bits per heavy atom. The topological polar surface area (TPSA) is 35.0 Å². The predicted octanol–water partition coefficient (Wildman–Crippen LogP) is 3.24. The van der Waals surface area contributed by atoms with Crippen molar-refractivity contribution in [1.82, 2.24) is 10.2 Å². The van der Waals surface area contributed by atoms with E-state index < -0.39 is 0 Å². The zero-order valence-electron chi connectivity index (χ0n) is 9.61. The monoisotopic (exact) mass is 248 g/mol. The van der Waals surface area contributed by atoms with Gasteiger partial charge in [0.1, 0.15) is 5.75 Å². The summed E-state index contributed by atoms with van der Waals surface area (Å²) in [6, 6.07) is 5.88. The van der Waals surface area contributed by atoms with Gasteiger partial charge in [-0.1, -0.05) is 11.6 Å². The molecule has 2 aromatic rings. The molecule has 1 aliphatic rings. The number of fused-ring (bicyclic) bond motifs is 1. The van der Waals surface area contributed by atoms with Crippen molar-refractivity contribution in [3.05, 3.63) is 29.0 Å². The van der Waals surface area contributed by atoms with E-state index in [0.717, 1.165) is 34.6 Å². The van der Waals surface area contributed by atoms with Gasteiger partial charge >= 0.3 is 0 Å². The molecule has 3 nitrogen and oxygen atoms in total. The number of nitrogens with zero attached hydrogens (tertiary/aromatic N) is 2. The molecule has 0 bridgehead atoms. The Labute approximate surface area is 105 Å². The van der Waals surface area contributed by atoms with Crippen LogP contribution in [0, 0.1) is 5.92 Å². The third-order valence-electron chi connectivity index (χ3n) is 3.20. The first kappa shape index (κ1) is 10.8. The van der Waals surface area contributed by atoms with Crippen molar-refractivity contribution in [1.29, 1.82) is 0 Å². The zero-order valence-corrected chi connectivity index (χ0v) is 10.4. The molecule has 88 valence electrons. The Morgan fingerprint density at radius 3 is 2.82 bits per heavy atom. The van der Waals surface area contributed by atoms with Crippen molar-refractivity contribution in [3.63, 3.8) is 0 Å². The van der Waals surface area contributed by atoms with Crippen molar-refractivity contribution in [2.24, 2.45) is 5.92 Å². The van der Waals surface area contributed by atoms with Gasteiger partial charge in [0.05, 0.1) is 12.8 Å². The van der Waals surface area contributed by atoms with Gasteiger partial charge in [0, 0.05) is 10.8 Å². The van der Waals surface area contributed by atoms with Crippen LogP contribution in [-0.4, -0.2) is 17.3 Å². The van der Waals surface area contributed by atoms with Crippen molar-refractivity contribution in [3.8, 4) is 5.75 Å². The number of hydrogen-bond acceptors (Lipinski definition) is 3. The molecule has 0 amide bonds. The average molecular weight is 249 g/mol. The van der Waals surface area contributed by atoms with Gasteiger partial charge in [0.25, 0.3) is 0 Å². The van der Waals surface area contributed by atoms with Gasteiger partial charge in [0.2, 0.25) is 0 Å². The molecule has 1 fully saturated rings. The Kier molecular flexibility index (Phi) is 2.63. The molecule has 0 aliphatic heterocycles. The SMILES string of the molecule is COc1ccc2c(CC3CC3)nnc(Cl)c2c1. The van der Waals surface area contributed by atoms with Crippen molar-refractivity contribution < 1.29 is 4.74 Å². The fourth-order valence-corrected chi connectivity index (χ4v) is 2.22. The highest BCUT2D eigenvalue weighted by Crippen LogP contribution is 2.35. The summed E-state index contributed by atoms with van der Waals surface area (Å²) in [5.41, 5.74) is 1.05. The average Bonchev–Trinajstić information content (AvgIpc) is 3.16. The van der Waals surface area contributed by atoms with Crippen molar-refractivity contribution in [2.45, 2.75) is 19.3 Å². The first-order chi connectivity index (χ1) is 8.28. The number of benzene rings is 1. The second kappa shape index (κ2) is 4.15. The molecule has 17 heavy (non-hydrogen) atoms. The van der Waals surface area contributed by atoms with Crippen molar-refractivity contribution in [2.75, 3.05) is 7.11 Å². The third kappa shape index (κ3) is 2.07. The summed E-state index contributed by atoms with van der Waals surface area (Å²) < 4.78 is 5.20. The van der Waals surface area contributed by atoms with Crippen LogP contribution in [0.15, 0.2) is 18.2 Å². The fourth-order valence-electron chi connectivity index (χ4n) is 2.03. The van der Waals surface area contributed by atoms with Crippen molar-refractivity contribution >= 4 is 22.4 Å². The fraction of sp³-hybridized carbons (Fsp3) is 0.385. The summed E-state index contributed by atoms with van der Waals surface area (Å²) in [7, 11) is 1.65. The summed E-state index contributed by atoms with van der Waals surface area (Å²) in [5, 5.41) is 10.7. The minimum Gasteiger partial charge on any atom is -0.497 e. The second-order valence-electron chi connectivity index (χ2n) is 4.50. The highest BCUT2D eigenvalue weighted by Gasteiger charge is 2.23. The van der Waals surface area contributed by atoms with E-state index in [2.05, 4.69) is 10.2 Å². The first-order valence-corrected chi connectivity index (χ1v) is 6.14. The lowest BCUT2D eigenvalue weighted by molar-refractivity contribution is 0.415. The Hall–Kier alpha value is -1.35. The maximum atomic E-state index is 6.08. The smallest absolute Gasteiger partial charge is 0.159 e. The molecule has 0 atom stereocenters. The molecular formula is C13H13ClN2O. The summed E-state index contributed by atoms with van der Waals surface area (Å²) in [6.45, 7) is 0. The molecule has 0 saturated heterocycles. The summed E-state index contributed by atoms with van der Waals surface area (Å²) in [5.74, 6) is 1.58. The van der Waals surface area contributed by atoms with Gasteiger partial charge < -0.3 is 4.74 Å². The molecule has 0 unspecified atom stereocenters. The zero-order chi connectivity index (χ0) is 11.8. The highest BCUT2D eigenvalue weighted by molar-refractivity contribution is 6.34. The number of ether oxygens (including phenoxy) is 1. The highest BCUT2D eigenvalue weighted by atomic mass is 35.5. The van der Waals surface area contributed by atoms with E-state index in [1.54, 1.807) is 7.11 Å². The predicted molar refractivity (Wildman–Crippen MR) is 67.5 cm³/mol. The molecule has 4 heteroatoms. The van der Waals surface area contributed by atoms with Crippen LogP contribution in [0.5, 0.6) is 5.75 Å². The van der Waals surface area contributed by atoms with E-state index in [0.29, 0.717) is 5.15 Å². The Balaban J connectivity index is 2.13. The van der Waals surface area contributed by atoms with Crippen LogP contribution >= 0.6 is 11.6 Å². The first-order valence-electron chi connectivity index (χ1n) is 5.76. The normalized spacial score (nSPS) is 15.2. The number of rotatable bonds is 3. The van der Waals surface area contributed by atoms with Gasteiger partial charge in [-0.05, 0) is 43.4 Å². The molecule has 0 radical (unpaired) electrons. The lowest BCUT2D eigenvalue weighted by Crippen LogP contribution is -1.97. The number of aromatic nitrogens is 2. The molecule has 1 saturated carbocycles. The van der Waals surface area contributed by atoms with E-state index >= 15 is 0 Å². The minimum absolute atomic E-state index is 0.443. The molecular weight excluding hydrogens is 236 g/mol. The molecule has 1 aromatic carbocycles. The third-order valence-corrected chi connectivity index (χ3v) is 3.48. The molecule has 0 N–H and O–H groups in total. The van der Waals surface area contributed by atoms with Crippen LogP contribution in [0.3, 0.4) is 0 Å². The van der Waals surface area contributed by atoms with Crippen LogP contribution in [-0.2, 0) is 6.42 Å². The quantitative estimate of drug-likeness (QED) is 0.836. The maximum Gasteiger partial charge on any atom is 0.159 e. The van der Waals surface area contributed by atoms with E-state index in [1.165, 1.54) is 12.8 Å². The van der Waals surface area contributed by atoms with Gasteiger partial charge in [-0.3, -0.25) is 0 Å². The molecule has 1 aliphatic carbocycles. The second-order valence-corrected chi connectivity index (χ2v) is 4.85. The molecule has 1 heterocycles. The standard InChI is InChI=1S/C13H13ClN2O/c1-17-9-4-5-10-11(7-9)13(14)16-15-12(10)6-8-2-3-8/h4-5,7-8H,2-3,6H2,1H3. The lowest BCUT2D eigenvalue weighted by Gasteiger charge is -2.07. The summed E-state index contributed by atoms with van der Waals surface area (Å²) in [6.07, 6.45) is 3.62. The number of halogens is 1.